The maximum atomic E-state index is 12.4. The van der Waals surface area contributed by atoms with E-state index in [4.69, 9.17) is 4.74 Å². The third-order valence-corrected chi connectivity index (χ3v) is 15.3. The molecule has 0 fully saturated rings. The van der Waals surface area contributed by atoms with Gasteiger partial charge in [0.2, 0.25) is 0 Å². The summed E-state index contributed by atoms with van der Waals surface area (Å²) in [5.41, 5.74) is 8.45. The zero-order valence-corrected chi connectivity index (χ0v) is 96.9. The van der Waals surface area contributed by atoms with Crippen LogP contribution >= 0.6 is 0 Å². The summed E-state index contributed by atoms with van der Waals surface area (Å²) in [4.78, 5) is 12.4. The molecule has 1 aliphatic heterocycles. The lowest BCUT2D eigenvalue weighted by Gasteiger charge is -2.30. The minimum absolute atomic E-state index is 0.154. The van der Waals surface area contributed by atoms with Gasteiger partial charge in [0.05, 0.1) is 5.56 Å². The predicted octanol–water partition coefficient (Wildman–Crippen LogP) is 45.2. The molecule has 1 atom stereocenters. The third kappa shape index (κ3) is 93.4. The van der Waals surface area contributed by atoms with Gasteiger partial charge < -0.3 is 4.74 Å². The van der Waals surface area contributed by atoms with Gasteiger partial charge in [0.15, 0.2) is 5.60 Å². The second kappa shape index (κ2) is 125. The van der Waals surface area contributed by atoms with Crippen molar-refractivity contribution >= 4 is 5.97 Å². The summed E-state index contributed by atoms with van der Waals surface area (Å²) in [6.45, 7) is 84.6. The van der Waals surface area contributed by atoms with Gasteiger partial charge in [-0.25, -0.2) is 4.79 Å². The Kier molecular flexibility index (Phi) is 137. The number of esters is 1. The molecule has 0 spiro atoms. The van der Waals surface area contributed by atoms with Crippen molar-refractivity contribution in [1.82, 2.24) is 0 Å². The normalized spacial score (nSPS) is 10.5. The van der Waals surface area contributed by atoms with Gasteiger partial charge in [-0.05, 0) is 45.4 Å². The second-order valence-corrected chi connectivity index (χ2v) is 29.2. The van der Waals surface area contributed by atoms with Crippen LogP contribution < -0.4 is 0 Å². The van der Waals surface area contributed by atoms with Gasteiger partial charge in [-0.3, -0.25) is 0 Å². The molecule has 140 heavy (non-hydrogen) atoms. The number of carbonyl (C=O) groups excluding carboxylic acids is 1. The molecule has 2 aliphatic rings. The van der Waals surface area contributed by atoms with Gasteiger partial charge in [-0.1, -0.05) is 781 Å². The quantitative estimate of drug-likeness (QED) is 0.165. The molecule has 0 N–H and O–H groups in total. The van der Waals surface area contributed by atoms with Crippen molar-refractivity contribution in [3.05, 3.63) is 542 Å². The standard InChI is InChI=1S/C20H14O2.C18H20.10C6H6.2C5H12.15C2H6/c21-19-17-13-7-8-14-18(17)20(22-19,15-9-3-1-4-10-15)16-11-5-2-6-12-16;1-17(2)13-18(3,14-9-5-4-6-10-14)16-12-8-7-11-15(16)17;10*1-2-4-6-5-3-1;2*1-5(2,3)4;15*1-2/h1-14H;4-12H,13H2,1-3H3;10*1-6H;2*1-4H3;15*1-2H3. The maximum Gasteiger partial charge on any atom is 0.340 e. The number of cyclic esters (lactones) is 1. The molecule has 0 bridgehead atoms. The fourth-order valence-electron chi connectivity index (χ4n) is 10.7. The summed E-state index contributed by atoms with van der Waals surface area (Å²) < 4.78 is 5.95. The smallest absolute Gasteiger partial charge is 0.340 e. The van der Waals surface area contributed by atoms with Gasteiger partial charge in [0.1, 0.15) is 0 Å². The molecule has 1 heterocycles. The summed E-state index contributed by atoms with van der Waals surface area (Å²) in [5, 5.41) is 0. The average molecular weight is 1900 g/mol. The molecule has 2 heteroatoms. The first-order valence-electron chi connectivity index (χ1n) is 53.0. The second-order valence-electron chi connectivity index (χ2n) is 29.2. The first kappa shape index (κ1) is 153. The van der Waals surface area contributed by atoms with Crippen molar-refractivity contribution in [3.8, 4) is 0 Å². The molecule has 0 saturated heterocycles. The lowest BCUT2D eigenvalue weighted by atomic mass is 9.75. The number of fused-ring (bicyclic) bond motifs is 2. The highest BCUT2D eigenvalue weighted by Crippen LogP contribution is 2.52. The van der Waals surface area contributed by atoms with Crippen molar-refractivity contribution in [2.45, 2.75) is 307 Å². The van der Waals surface area contributed by atoms with Crippen LogP contribution in [0.4, 0.5) is 0 Å². The third-order valence-electron chi connectivity index (χ3n) is 15.3. The number of hydrogen-bond acceptors (Lipinski definition) is 2. The van der Waals surface area contributed by atoms with Gasteiger partial charge >= 0.3 is 5.97 Å². The summed E-state index contributed by atoms with van der Waals surface area (Å²) in [7, 11) is 0. The molecule has 772 valence electrons. The van der Waals surface area contributed by atoms with Crippen molar-refractivity contribution in [2.24, 2.45) is 10.8 Å². The molecule has 0 aromatic heterocycles. The van der Waals surface area contributed by atoms with E-state index in [1.165, 1.54) is 23.1 Å². The molecule has 15 aromatic rings. The first-order chi connectivity index (χ1) is 68.4. The molecule has 15 aromatic carbocycles. The van der Waals surface area contributed by atoms with E-state index in [0.29, 0.717) is 16.4 Å². The molecule has 2 nitrogen and oxygen atoms in total. The molecule has 0 radical (unpaired) electrons. The van der Waals surface area contributed by atoms with Crippen molar-refractivity contribution < 1.29 is 9.53 Å². The van der Waals surface area contributed by atoms with Crippen LogP contribution in [0.2, 0.25) is 0 Å². The Bertz CT molecular complexity index is 3590. The molecule has 1 unspecified atom stereocenters. The Hall–Kier alpha value is -12.2. The molecule has 17 rings (SSSR count). The summed E-state index contributed by atoms with van der Waals surface area (Å²) >= 11 is 0. The van der Waals surface area contributed by atoms with Gasteiger partial charge in [-0.2, -0.15) is 0 Å². The minimum atomic E-state index is -0.865. The Morgan fingerprint density at radius 3 is 0.457 bits per heavy atom. The van der Waals surface area contributed by atoms with E-state index in [1.54, 1.807) is 0 Å². The highest BCUT2D eigenvalue weighted by molar-refractivity contribution is 5.96. The lowest BCUT2D eigenvalue weighted by molar-refractivity contribution is 0.0251. The zero-order chi connectivity index (χ0) is 109. The number of hydrogen-bond donors (Lipinski definition) is 0. The van der Waals surface area contributed by atoms with Crippen LogP contribution in [0.5, 0.6) is 0 Å². The van der Waals surface area contributed by atoms with E-state index in [0.717, 1.165) is 16.7 Å². The van der Waals surface area contributed by atoms with Gasteiger partial charge in [-0.15, -0.1) is 0 Å². The molecule has 0 saturated carbocycles. The van der Waals surface area contributed by atoms with Crippen LogP contribution in [-0.4, -0.2) is 5.97 Å². The Morgan fingerprint density at radius 2 is 0.293 bits per heavy atom. The summed E-state index contributed by atoms with van der Waals surface area (Å²) in [5.74, 6) is -0.275. The van der Waals surface area contributed by atoms with Gasteiger partial charge in [0.25, 0.3) is 0 Å². The lowest BCUT2D eigenvalue weighted by Crippen LogP contribution is -2.29. The summed E-state index contributed by atoms with van der Waals surface area (Å²) in [6, 6.07) is 167. The average Bonchev–Trinajstić information content (AvgIpc) is 1.58. The number of benzene rings is 15. The fourth-order valence-corrected chi connectivity index (χ4v) is 10.7. The first-order valence-corrected chi connectivity index (χ1v) is 53.0. The van der Waals surface area contributed by atoms with Crippen LogP contribution in [0.3, 0.4) is 0 Å². The summed E-state index contributed by atoms with van der Waals surface area (Å²) in [6.07, 6.45) is 1.18. The van der Waals surface area contributed by atoms with Crippen LogP contribution in [0, 0.1) is 10.8 Å². The van der Waals surface area contributed by atoms with Gasteiger partial charge in [0, 0.05) is 22.1 Å². The van der Waals surface area contributed by atoms with E-state index in [1.807, 2.05) is 657 Å². The largest absolute Gasteiger partial charge is 0.441 e. The predicted molar refractivity (Wildman–Crippen MR) is 647 cm³/mol. The fraction of sp³-hybridized carbons (Fsp3) is 0.341. The van der Waals surface area contributed by atoms with Crippen molar-refractivity contribution in [3.63, 3.8) is 0 Å². The maximum absolute atomic E-state index is 12.4. The Balaban J connectivity index is -0.000000127. The highest BCUT2D eigenvalue weighted by atomic mass is 16.6. The van der Waals surface area contributed by atoms with Crippen molar-refractivity contribution in [2.75, 3.05) is 0 Å². The van der Waals surface area contributed by atoms with Crippen LogP contribution in [0.25, 0.3) is 0 Å². The van der Waals surface area contributed by atoms with E-state index in [9.17, 15) is 4.79 Å². The van der Waals surface area contributed by atoms with E-state index in [-0.39, 0.29) is 16.8 Å². The van der Waals surface area contributed by atoms with Crippen LogP contribution in [0.1, 0.15) is 334 Å². The zero-order valence-electron chi connectivity index (χ0n) is 96.9. The van der Waals surface area contributed by atoms with Crippen molar-refractivity contribution in [1.29, 1.82) is 0 Å². The molecular weight excluding hydrogens is 1690 g/mol. The van der Waals surface area contributed by atoms with E-state index in [2.05, 4.69) is 131 Å². The highest BCUT2D eigenvalue weighted by Gasteiger charge is 2.48. The number of rotatable bonds is 3. The SMILES string of the molecule is CC.CC.CC.CC.CC.CC.CC.CC.CC.CC.CC.CC.CC.CC.CC.CC(C)(C)C.CC(C)(C)C.CC1(C)CC(C)(c2ccccc2)c2ccccc21.O=C1OC(c2ccccc2)(c2ccccc2)c2ccccc21.c1ccccc1.c1ccccc1.c1ccccc1.c1ccccc1.c1ccccc1.c1ccccc1.c1ccccc1.c1ccccc1.c1ccccc1.c1ccccc1. The number of carbonyl (C=O) groups is 1. The van der Waals surface area contributed by atoms with Crippen LogP contribution in [-0.2, 0) is 21.2 Å². The van der Waals surface area contributed by atoms with Crippen LogP contribution in [0.15, 0.2) is 504 Å². The number of ether oxygens (including phenoxy) is 1. The Morgan fingerprint density at radius 1 is 0.171 bits per heavy atom. The Labute approximate surface area is 869 Å². The minimum Gasteiger partial charge on any atom is -0.441 e. The molecule has 0 amide bonds. The topological polar surface area (TPSA) is 26.3 Å². The monoisotopic (exact) mass is 1900 g/mol. The van der Waals surface area contributed by atoms with E-state index < -0.39 is 5.60 Å². The van der Waals surface area contributed by atoms with E-state index >= 15 is 0 Å². The molecular formula is C138H208O2. The molecule has 1 aliphatic carbocycles.